The van der Waals surface area contributed by atoms with Gasteiger partial charge in [0.25, 0.3) is 0 Å². The molecule has 0 aromatic carbocycles. The zero-order chi connectivity index (χ0) is 17.0. The van der Waals surface area contributed by atoms with Crippen LogP contribution in [-0.2, 0) is 0 Å². The van der Waals surface area contributed by atoms with Crippen molar-refractivity contribution in [2.24, 2.45) is 0 Å². The molecular formula is C6HF13O. The van der Waals surface area contributed by atoms with Gasteiger partial charge in [0.1, 0.15) is 0 Å². The van der Waals surface area contributed by atoms with E-state index in [1.165, 1.54) is 0 Å². The van der Waals surface area contributed by atoms with Crippen molar-refractivity contribution in [1.82, 2.24) is 0 Å². The molecule has 0 aliphatic carbocycles. The Hall–Kier alpha value is -0.950. The van der Waals surface area contributed by atoms with Crippen molar-refractivity contribution in [3.05, 3.63) is 0 Å². The fraction of sp³-hybridized carbons (Fsp3) is 1.00. The number of hydrogen-bond acceptors (Lipinski definition) is 1. The molecule has 0 aromatic heterocycles. The van der Waals surface area contributed by atoms with Crippen molar-refractivity contribution in [2.75, 3.05) is 0 Å². The first-order chi connectivity index (χ1) is 8.25. The van der Waals surface area contributed by atoms with Gasteiger partial charge in [0.2, 0.25) is 0 Å². The third-order valence-electron chi connectivity index (χ3n) is 1.99. The highest BCUT2D eigenvalue weighted by Gasteiger charge is 2.94. The molecule has 0 fully saturated rings. The normalized spacial score (nSPS) is 18.9. The predicted molar refractivity (Wildman–Crippen MR) is 33.0 cm³/mol. The van der Waals surface area contributed by atoms with Crippen LogP contribution in [0.4, 0.5) is 57.1 Å². The summed E-state index contributed by atoms with van der Waals surface area (Å²) in [5.41, 5.74) is -8.09. The van der Waals surface area contributed by atoms with Crippen LogP contribution in [0.15, 0.2) is 0 Å². The Morgan fingerprint density at radius 3 is 0.900 bits per heavy atom. The molecular weight excluding hydrogens is 335 g/mol. The molecule has 0 rings (SSSR count). The first-order valence-corrected chi connectivity index (χ1v) is 3.93. The minimum atomic E-state index is -8.09. The largest absolute Gasteiger partial charge is 0.457 e. The van der Waals surface area contributed by atoms with Crippen LogP contribution in [0.3, 0.4) is 0 Å². The van der Waals surface area contributed by atoms with E-state index in [4.69, 9.17) is 5.11 Å². The van der Waals surface area contributed by atoms with Crippen LogP contribution in [0, 0.1) is 0 Å². The lowest BCUT2D eigenvalue weighted by molar-refractivity contribution is -0.468. The van der Waals surface area contributed by atoms with Crippen LogP contribution >= 0.6 is 0 Å². The smallest absolute Gasteiger partial charge is 0.331 e. The van der Waals surface area contributed by atoms with Crippen molar-refractivity contribution < 1.29 is 62.2 Å². The van der Waals surface area contributed by atoms with Gasteiger partial charge in [-0.3, -0.25) is 0 Å². The Morgan fingerprint density at radius 1 is 0.450 bits per heavy atom. The summed E-state index contributed by atoms with van der Waals surface area (Å²) in [6.07, 6.45) is -22.5. The predicted octanol–water partition coefficient (Wildman–Crippen LogP) is 3.67. The molecule has 1 nitrogen and oxygen atoms in total. The van der Waals surface area contributed by atoms with Gasteiger partial charge < -0.3 is 5.11 Å². The zero-order valence-electron chi connectivity index (χ0n) is 8.36. The van der Waals surface area contributed by atoms with Gasteiger partial charge in [0, 0.05) is 0 Å². The van der Waals surface area contributed by atoms with Crippen LogP contribution < -0.4 is 0 Å². The van der Waals surface area contributed by atoms with E-state index < -0.39 is 36.0 Å². The van der Waals surface area contributed by atoms with Crippen LogP contribution in [0.5, 0.6) is 0 Å². The van der Waals surface area contributed by atoms with E-state index >= 15 is 0 Å². The van der Waals surface area contributed by atoms with Gasteiger partial charge in [0.15, 0.2) is 0 Å². The van der Waals surface area contributed by atoms with Gasteiger partial charge >= 0.3 is 36.0 Å². The minimum Gasteiger partial charge on any atom is -0.331 e. The lowest BCUT2D eigenvalue weighted by atomic mass is 9.88. The second kappa shape index (κ2) is 4.27. The van der Waals surface area contributed by atoms with Gasteiger partial charge in [-0.15, -0.1) is 0 Å². The van der Waals surface area contributed by atoms with E-state index in [-0.39, 0.29) is 0 Å². The highest BCUT2D eigenvalue weighted by molar-refractivity contribution is 5.14. The van der Waals surface area contributed by atoms with Crippen LogP contribution in [-0.4, -0.2) is 41.1 Å². The number of alkyl halides is 13. The summed E-state index contributed by atoms with van der Waals surface area (Å²) in [5.74, 6) is -15.8. The maximum Gasteiger partial charge on any atom is 0.457 e. The molecule has 0 aromatic rings. The van der Waals surface area contributed by atoms with Crippen molar-refractivity contribution in [3.63, 3.8) is 0 Å². The number of halogens is 13. The van der Waals surface area contributed by atoms with E-state index in [1.807, 2.05) is 0 Å². The van der Waals surface area contributed by atoms with E-state index in [1.54, 1.807) is 0 Å². The van der Waals surface area contributed by atoms with E-state index in [9.17, 15) is 57.1 Å². The van der Waals surface area contributed by atoms with E-state index in [0.717, 1.165) is 0 Å². The monoisotopic (exact) mass is 336 g/mol. The summed E-state index contributed by atoms with van der Waals surface area (Å²) in [6, 6.07) is 0. The topological polar surface area (TPSA) is 20.2 Å². The Kier molecular flexibility index (Phi) is 4.07. The van der Waals surface area contributed by atoms with Crippen LogP contribution in [0.2, 0.25) is 0 Å². The molecule has 0 aliphatic rings. The molecule has 0 saturated heterocycles. The summed E-state index contributed by atoms with van der Waals surface area (Å²) in [5, 5.41) is 7.35. The molecule has 14 heteroatoms. The maximum atomic E-state index is 12.9. The van der Waals surface area contributed by atoms with Crippen molar-refractivity contribution in [2.45, 2.75) is 36.0 Å². The van der Waals surface area contributed by atoms with Crippen molar-refractivity contribution in [3.8, 4) is 0 Å². The number of aliphatic hydroxyl groups is 1. The lowest BCUT2D eigenvalue weighted by Gasteiger charge is -2.41. The molecule has 0 bridgehead atoms. The van der Waals surface area contributed by atoms with Crippen LogP contribution in [0.25, 0.3) is 0 Å². The summed E-state index contributed by atoms with van der Waals surface area (Å²) in [4.78, 5) is 0. The molecule has 122 valence electrons. The lowest BCUT2D eigenvalue weighted by Crippen LogP contribution is -2.74. The number of rotatable bonds is 3. The van der Waals surface area contributed by atoms with Crippen molar-refractivity contribution >= 4 is 0 Å². The first-order valence-electron chi connectivity index (χ1n) is 3.93. The molecule has 1 N–H and O–H groups in total. The highest BCUT2D eigenvalue weighted by atomic mass is 19.4. The average Bonchev–Trinajstić information content (AvgIpc) is 2.10. The molecule has 0 amide bonds. The third kappa shape index (κ3) is 2.26. The molecule has 0 spiro atoms. The SMILES string of the molecule is OC(F)(F)C(F)(F)C(F)(C(F)(F)F)C(F)(F)C(F)(F)F. The Labute approximate surface area is 99.5 Å². The Balaban J connectivity index is 6.50. The van der Waals surface area contributed by atoms with Crippen molar-refractivity contribution in [1.29, 1.82) is 0 Å². The quantitative estimate of drug-likeness (QED) is 0.780. The fourth-order valence-corrected chi connectivity index (χ4v) is 0.956. The molecule has 0 aliphatic heterocycles. The average molecular weight is 336 g/mol. The summed E-state index contributed by atoms with van der Waals surface area (Å²) in [6.45, 7) is 0. The Morgan fingerprint density at radius 2 is 0.750 bits per heavy atom. The maximum absolute atomic E-state index is 12.9. The zero-order valence-corrected chi connectivity index (χ0v) is 8.36. The van der Waals surface area contributed by atoms with E-state index in [0.29, 0.717) is 0 Å². The summed E-state index contributed by atoms with van der Waals surface area (Å²) < 4.78 is 157. The van der Waals surface area contributed by atoms with Gasteiger partial charge in [-0.25, -0.2) is 4.39 Å². The second-order valence-corrected chi connectivity index (χ2v) is 3.34. The molecule has 0 radical (unpaired) electrons. The van der Waals surface area contributed by atoms with Gasteiger partial charge in [0.05, 0.1) is 0 Å². The van der Waals surface area contributed by atoms with Crippen LogP contribution in [0.1, 0.15) is 0 Å². The third-order valence-corrected chi connectivity index (χ3v) is 1.99. The van der Waals surface area contributed by atoms with Gasteiger partial charge in [-0.2, -0.15) is 52.7 Å². The first kappa shape index (κ1) is 19.1. The standard InChI is InChI=1S/C6HF13O/c7-1(4(12,13)14,2(8,9)5(15,16)17)3(10,11)6(18,19)20/h20H. The molecule has 1 atom stereocenters. The molecule has 0 saturated carbocycles. The summed E-state index contributed by atoms with van der Waals surface area (Å²) >= 11 is 0. The minimum absolute atomic E-state index is 7.15. The molecule has 1 unspecified atom stereocenters. The second-order valence-electron chi connectivity index (χ2n) is 3.34. The molecule has 0 heterocycles. The molecule has 20 heavy (non-hydrogen) atoms. The van der Waals surface area contributed by atoms with Gasteiger partial charge in [-0.05, 0) is 0 Å². The van der Waals surface area contributed by atoms with Gasteiger partial charge in [-0.1, -0.05) is 0 Å². The summed E-state index contributed by atoms with van der Waals surface area (Å²) in [7, 11) is 0. The fourth-order valence-electron chi connectivity index (χ4n) is 0.956. The highest BCUT2D eigenvalue weighted by Crippen LogP contribution is 2.61. The number of hydrogen-bond donors (Lipinski definition) is 1. The van der Waals surface area contributed by atoms with E-state index in [2.05, 4.69) is 0 Å². The Bertz CT molecular complexity index is 331.